The molecule has 1 heterocycles. The lowest BCUT2D eigenvalue weighted by atomic mass is 10.0. The minimum absolute atomic E-state index is 0.175. The lowest BCUT2D eigenvalue weighted by Crippen LogP contribution is -2.39. The molecule has 4 nitrogen and oxygen atoms in total. The first-order valence-corrected chi connectivity index (χ1v) is 5.27. The predicted molar refractivity (Wildman–Crippen MR) is 59.1 cm³/mol. The van der Waals surface area contributed by atoms with Crippen LogP contribution in [0, 0.1) is 5.82 Å². The van der Waals surface area contributed by atoms with Gasteiger partial charge in [-0.15, -0.1) is 0 Å². The number of hydrogen-bond acceptors (Lipinski definition) is 3. The van der Waals surface area contributed by atoms with E-state index < -0.39 is 11.8 Å². The van der Waals surface area contributed by atoms with E-state index in [0.717, 1.165) is 5.56 Å². The summed E-state index contributed by atoms with van der Waals surface area (Å²) in [5, 5.41) is 0. The summed E-state index contributed by atoms with van der Waals surface area (Å²) < 4.78 is 17.7. The van der Waals surface area contributed by atoms with E-state index in [1.54, 1.807) is 6.07 Å². The van der Waals surface area contributed by atoms with Gasteiger partial charge in [0.25, 0.3) is 0 Å². The lowest BCUT2D eigenvalue weighted by Gasteiger charge is -2.28. The zero-order valence-electron chi connectivity index (χ0n) is 9.40. The summed E-state index contributed by atoms with van der Waals surface area (Å²) >= 11 is 0. The van der Waals surface area contributed by atoms with Crippen LogP contribution < -0.4 is 4.90 Å². The minimum Gasteiger partial charge on any atom is -0.468 e. The minimum atomic E-state index is -0.518. The van der Waals surface area contributed by atoms with Gasteiger partial charge in [-0.2, -0.15) is 0 Å². The van der Waals surface area contributed by atoms with Crippen LogP contribution in [-0.4, -0.2) is 25.5 Å². The Morgan fingerprint density at radius 3 is 2.94 bits per heavy atom. The molecule has 17 heavy (non-hydrogen) atoms. The number of rotatable bonds is 2. The summed E-state index contributed by atoms with van der Waals surface area (Å²) in [7, 11) is 1.25. The predicted octanol–water partition coefficient (Wildman–Crippen LogP) is 1.28. The molecule has 0 saturated heterocycles. The van der Waals surface area contributed by atoms with Gasteiger partial charge in [0, 0.05) is 6.42 Å². The molecule has 0 saturated carbocycles. The Labute approximate surface area is 98.0 Å². The topological polar surface area (TPSA) is 46.6 Å². The van der Waals surface area contributed by atoms with Gasteiger partial charge in [-0.25, -0.2) is 4.39 Å². The fourth-order valence-corrected chi connectivity index (χ4v) is 1.88. The van der Waals surface area contributed by atoms with E-state index in [1.165, 1.54) is 24.1 Å². The molecule has 0 atom stereocenters. The molecule has 0 fully saturated rings. The standard InChI is InChI=1S/C12H12FNO3/c1-17-12(16)7-14-10-6-9(13)4-2-8(10)3-5-11(14)15/h2,4,6H,3,5,7H2,1H3. The van der Waals surface area contributed by atoms with Gasteiger partial charge < -0.3 is 9.64 Å². The highest BCUT2D eigenvalue weighted by atomic mass is 19.1. The zero-order valence-corrected chi connectivity index (χ0v) is 9.40. The molecule has 1 aliphatic rings. The van der Waals surface area contributed by atoms with Crippen LogP contribution >= 0.6 is 0 Å². The SMILES string of the molecule is COC(=O)CN1C(=O)CCc2ccc(F)cc21. The van der Waals surface area contributed by atoms with Gasteiger partial charge in [-0.3, -0.25) is 9.59 Å². The quantitative estimate of drug-likeness (QED) is 0.728. The van der Waals surface area contributed by atoms with Crippen LogP contribution in [0.25, 0.3) is 0 Å². The van der Waals surface area contributed by atoms with Gasteiger partial charge in [0.15, 0.2) is 0 Å². The average molecular weight is 237 g/mol. The second kappa shape index (κ2) is 4.53. The van der Waals surface area contributed by atoms with Crippen LogP contribution in [0.2, 0.25) is 0 Å². The number of methoxy groups -OCH3 is 1. The van der Waals surface area contributed by atoms with Crippen molar-refractivity contribution >= 4 is 17.6 Å². The Morgan fingerprint density at radius 2 is 2.24 bits per heavy atom. The number of aryl methyl sites for hydroxylation is 1. The molecule has 90 valence electrons. The van der Waals surface area contributed by atoms with E-state index in [1.807, 2.05) is 0 Å². The number of halogens is 1. The number of benzene rings is 1. The molecule has 0 aromatic heterocycles. The van der Waals surface area contributed by atoms with Crippen molar-refractivity contribution in [2.24, 2.45) is 0 Å². The number of carbonyl (C=O) groups is 2. The Bertz CT molecular complexity index is 473. The molecule has 1 aromatic rings. The zero-order chi connectivity index (χ0) is 12.4. The first-order valence-electron chi connectivity index (χ1n) is 5.27. The van der Waals surface area contributed by atoms with Crippen molar-refractivity contribution in [2.75, 3.05) is 18.6 Å². The maximum Gasteiger partial charge on any atom is 0.325 e. The number of ether oxygens (including phenoxy) is 1. The van der Waals surface area contributed by atoms with Gasteiger partial charge in [-0.1, -0.05) is 6.07 Å². The van der Waals surface area contributed by atoms with Gasteiger partial charge >= 0.3 is 5.97 Å². The van der Waals surface area contributed by atoms with Crippen molar-refractivity contribution in [1.82, 2.24) is 0 Å². The monoisotopic (exact) mass is 237 g/mol. The molecule has 0 unspecified atom stereocenters. The summed E-state index contributed by atoms with van der Waals surface area (Å²) in [6.07, 6.45) is 0.905. The van der Waals surface area contributed by atoms with Crippen molar-refractivity contribution in [3.63, 3.8) is 0 Å². The maximum atomic E-state index is 13.2. The first kappa shape index (κ1) is 11.6. The summed E-state index contributed by atoms with van der Waals surface area (Å²) in [6.45, 7) is -0.175. The van der Waals surface area contributed by atoms with E-state index in [4.69, 9.17) is 0 Å². The fraction of sp³-hybridized carbons (Fsp3) is 0.333. The summed E-state index contributed by atoms with van der Waals surface area (Å²) in [6, 6.07) is 4.27. The van der Waals surface area contributed by atoms with E-state index in [9.17, 15) is 14.0 Å². The maximum absolute atomic E-state index is 13.2. The molecule has 2 rings (SSSR count). The largest absolute Gasteiger partial charge is 0.468 e. The number of fused-ring (bicyclic) bond motifs is 1. The second-order valence-electron chi connectivity index (χ2n) is 3.83. The number of carbonyl (C=O) groups excluding carboxylic acids is 2. The molecule has 0 N–H and O–H groups in total. The van der Waals surface area contributed by atoms with Crippen molar-refractivity contribution in [3.8, 4) is 0 Å². The summed E-state index contributed by atoms with van der Waals surface area (Å²) in [5.74, 6) is -1.13. The van der Waals surface area contributed by atoms with Crippen LogP contribution in [0.15, 0.2) is 18.2 Å². The molecular formula is C12H12FNO3. The normalized spacial score (nSPS) is 14.5. The Balaban J connectivity index is 2.35. The van der Waals surface area contributed by atoms with Crippen molar-refractivity contribution < 1.29 is 18.7 Å². The number of esters is 1. The highest BCUT2D eigenvalue weighted by molar-refractivity contribution is 6.00. The van der Waals surface area contributed by atoms with E-state index in [2.05, 4.69) is 4.74 Å². The Kier molecular flexibility index (Phi) is 3.08. The Hall–Kier alpha value is -1.91. The number of amides is 1. The van der Waals surface area contributed by atoms with Crippen molar-refractivity contribution in [1.29, 1.82) is 0 Å². The van der Waals surface area contributed by atoms with Gasteiger partial charge in [0.2, 0.25) is 5.91 Å². The van der Waals surface area contributed by atoms with Crippen LogP contribution in [0.5, 0.6) is 0 Å². The third kappa shape index (κ3) is 2.27. The van der Waals surface area contributed by atoms with Crippen molar-refractivity contribution in [3.05, 3.63) is 29.6 Å². The molecule has 0 spiro atoms. The third-order valence-electron chi connectivity index (χ3n) is 2.76. The summed E-state index contributed by atoms with van der Waals surface area (Å²) in [5.41, 5.74) is 1.33. The van der Waals surface area contributed by atoms with Crippen LogP contribution in [0.1, 0.15) is 12.0 Å². The molecule has 5 heteroatoms. The Morgan fingerprint density at radius 1 is 1.47 bits per heavy atom. The van der Waals surface area contributed by atoms with Crippen LogP contribution in [-0.2, 0) is 20.7 Å². The molecule has 0 bridgehead atoms. The highest BCUT2D eigenvalue weighted by Crippen LogP contribution is 2.28. The first-order chi connectivity index (χ1) is 8.11. The van der Waals surface area contributed by atoms with Crippen molar-refractivity contribution in [2.45, 2.75) is 12.8 Å². The van der Waals surface area contributed by atoms with E-state index >= 15 is 0 Å². The van der Waals surface area contributed by atoms with Gasteiger partial charge in [0.05, 0.1) is 12.8 Å². The van der Waals surface area contributed by atoms with E-state index in [0.29, 0.717) is 18.5 Å². The number of nitrogens with zero attached hydrogens (tertiary/aromatic N) is 1. The van der Waals surface area contributed by atoms with Crippen LogP contribution in [0.4, 0.5) is 10.1 Å². The lowest BCUT2D eigenvalue weighted by molar-refractivity contribution is -0.140. The number of anilines is 1. The van der Waals surface area contributed by atoms with Gasteiger partial charge in [-0.05, 0) is 24.1 Å². The molecule has 1 aromatic carbocycles. The van der Waals surface area contributed by atoms with E-state index in [-0.39, 0.29) is 12.5 Å². The number of hydrogen-bond donors (Lipinski definition) is 0. The smallest absolute Gasteiger partial charge is 0.325 e. The average Bonchev–Trinajstić information content (AvgIpc) is 2.32. The highest BCUT2D eigenvalue weighted by Gasteiger charge is 2.26. The molecule has 0 aliphatic carbocycles. The molecule has 0 radical (unpaired) electrons. The molecule has 1 amide bonds. The summed E-state index contributed by atoms with van der Waals surface area (Å²) in [4.78, 5) is 24.2. The second-order valence-corrected chi connectivity index (χ2v) is 3.83. The molecular weight excluding hydrogens is 225 g/mol. The molecule has 1 aliphatic heterocycles. The third-order valence-corrected chi connectivity index (χ3v) is 2.76. The van der Waals surface area contributed by atoms with Gasteiger partial charge in [0.1, 0.15) is 12.4 Å². The fourth-order valence-electron chi connectivity index (χ4n) is 1.88. The van der Waals surface area contributed by atoms with Crippen LogP contribution in [0.3, 0.4) is 0 Å².